The topological polar surface area (TPSA) is 128 Å². The van der Waals surface area contributed by atoms with Crippen LogP contribution < -0.4 is 16.4 Å². The van der Waals surface area contributed by atoms with Crippen molar-refractivity contribution in [2.24, 2.45) is 5.73 Å². The Morgan fingerprint density at radius 2 is 1.95 bits per heavy atom. The number of primary amides is 1. The van der Waals surface area contributed by atoms with E-state index in [2.05, 4.69) is 10.1 Å². The van der Waals surface area contributed by atoms with E-state index in [9.17, 15) is 23.6 Å². The summed E-state index contributed by atoms with van der Waals surface area (Å²) in [6.07, 6.45) is -0.881. The molecule has 1 aromatic rings. The van der Waals surface area contributed by atoms with Crippen molar-refractivity contribution in [1.82, 2.24) is 5.32 Å². The van der Waals surface area contributed by atoms with Gasteiger partial charge in [-0.05, 0) is 25.1 Å². The smallest absolute Gasteiger partial charge is 0.411 e. The molecule has 4 N–H and O–H groups in total. The summed E-state index contributed by atoms with van der Waals surface area (Å²) in [6, 6.07) is 1.57. The number of ether oxygens (including phenoxy) is 1. The van der Waals surface area contributed by atoms with Crippen LogP contribution in [0.15, 0.2) is 18.2 Å². The zero-order chi connectivity index (χ0) is 16.0. The summed E-state index contributed by atoms with van der Waals surface area (Å²) in [4.78, 5) is 45.1. The predicted molar refractivity (Wildman–Crippen MR) is 69.1 cm³/mol. The number of ketones is 1. The molecule has 4 amide bonds. The number of amides is 4. The van der Waals surface area contributed by atoms with Gasteiger partial charge >= 0.3 is 12.1 Å². The predicted octanol–water partition coefficient (Wildman–Crippen LogP) is 0.772. The van der Waals surface area contributed by atoms with Crippen LogP contribution in [0.3, 0.4) is 0 Å². The van der Waals surface area contributed by atoms with Crippen molar-refractivity contribution in [3.8, 4) is 0 Å². The number of carbonyl (C=O) groups is 4. The number of nitrogens with one attached hydrogen (secondary N) is 2. The average Bonchev–Trinajstić information content (AvgIpc) is 2.39. The van der Waals surface area contributed by atoms with E-state index in [-0.39, 0.29) is 12.3 Å². The summed E-state index contributed by atoms with van der Waals surface area (Å²) in [6.45, 7) is 1.65. The van der Waals surface area contributed by atoms with Gasteiger partial charge in [-0.1, -0.05) is 0 Å². The monoisotopic (exact) mass is 297 g/mol. The van der Waals surface area contributed by atoms with E-state index in [0.29, 0.717) is 0 Å². The van der Waals surface area contributed by atoms with E-state index < -0.39 is 35.2 Å². The lowest BCUT2D eigenvalue weighted by atomic mass is 10.1. The van der Waals surface area contributed by atoms with Gasteiger partial charge in [0.15, 0.2) is 0 Å². The van der Waals surface area contributed by atoms with Gasteiger partial charge in [0.1, 0.15) is 5.82 Å². The minimum Gasteiger partial charge on any atom is -0.450 e. The number of rotatable bonds is 4. The first-order valence-corrected chi connectivity index (χ1v) is 5.73. The largest absolute Gasteiger partial charge is 0.450 e. The molecular weight excluding hydrogens is 285 g/mol. The van der Waals surface area contributed by atoms with Crippen LogP contribution >= 0.6 is 0 Å². The quantitative estimate of drug-likeness (QED) is 0.558. The van der Waals surface area contributed by atoms with E-state index in [1.54, 1.807) is 12.2 Å². The second kappa shape index (κ2) is 6.98. The Balaban J connectivity index is 3.06. The number of hydrogen-bond donors (Lipinski definition) is 3. The van der Waals surface area contributed by atoms with E-state index in [1.807, 2.05) is 0 Å². The molecule has 0 bridgehead atoms. The van der Waals surface area contributed by atoms with Gasteiger partial charge in [0.25, 0.3) is 11.7 Å². The Morgan fingerprint density at radius 3 is 2.52 bits per heavy atom. The van der Waals surface area contributed by atoms with Gasteiger partial charge in [0, 0.05) is 0 Å². The lowest BCUT2D eigenvalue weighted by molar-refractivity contribution is -0.115. The number of anilines is 1. The molecule has 0 fully saturated rings. The number of imide groups is 1. The third-order valence-electron chi connectivity index (χ3n) is 2.18. The number of Topliss-reactive ketones (excluding diaryl/α,β-unsaturated/α-hetero) is 1. The lowest BCUT2D eigenvalue weighted by Crippen LogP contribution is -2.39. The lowest BCUT2D eigenvalue weighted by Gasteiger charge is -2.10. The van der Waals surface area contributed by atoms with Gasteiger partial charge in [-0.3, -0.25) is 20.2 Å². The molecule has 21 heavy (non-hydrogen) atoms. The molecule has 9 heteroatoms. The van der Waals surface area contributed by atoms with Gasteiger partial charge in [-0.25, -0.2) is 14.0 Å². The Hall–Kier alpha value is -2.97. The molecule has 0 aliphatic carbocycles. The Labute approximate surface area is 118 Å². The highest BCUT2D eigenvalue weighted by atomic mass is 19.1. The molecule has 112 valence electrons. The second-order valence-corrected chi connectivity index (χ2v) is 3.68. The van der Waals surface area contributed by atoms with E-state index in [1.165, 1.54) is 0 Å². The van der Waals surface area contributed by atoms with Crippen LogP contribution in [0.25, 0.3) is 0 Å². The fourth-order valence-corrected chi connectivity index (χ4v) is 1.38. The van der Waals surface area contributed by atoms with Crippen molar-refractivity contribution in [1.29, 1.82) is 0 Å². The van der Waals surface area contributed by atoms with Crippen molar-refractivity contribution in [2.75, 3.05) is 11.9 Å². The maximum atomic E-state index is 13.2. The molecule has 0 aliphatic rings. The molecule has 0 heterocycles. The summed E-state index contributed by atoms with van der Waals surface area (Å²) < 4.78 is 17.8. The number of carbonyl (C=O) groups excluding carboxylic acids is 4. The van der Waals surface area contributed by atoms with Crippen molar-refractivity contribution in [3.05, 3.63) is 29.6 Å². The van der Waals surface area contributed by atoms with Gasteiger partial charge in [0.2, 0.25) is 0 Å². The molecule has 1 rings (SSSR count). The summed E-state index contributed by atoms with van der Waals surface area (Å²) in [5.74, 6) is -3.39. The molecule has 1 aromatic carbocycles. The van der Waals surface area contributed by atoms with E-state index in [4.69, 9.17) is 5.73 Å². The molecule has 0 aromatic heterocycles. The highest BCUT2D eigenvalue weighted by molar-refractivity contribution is 6.45. The number of benzene rings is 1. The van der Waals surface area contributed by atoms with Crippen LogP contribution in [-0.2, 0) is 9.53 Å². The standard InChI is InChI=1S/C12H12FN3O5/c1-2-21-12(20)15-8-4-3-6(13)5-7(8)9(17)10(18)16-11(14)19/h3-5H,2H2,1H3,(H,15,20)(H3,14,16,18,19). The first kappa shape index (κ1) is 16.1. The van der Waals surface area contributed by atoms with Gasteiger partial charge in [-0.2, -0.15) is 0 Å². The summed E-state index contributed by atoms with van der Waals surface area (Å²) >= 11 is 0. The molecule has 0 radical (unpaired) electrons. The third-order valence-corrected chi connectivity index (χ3v) is 2.18. The van der Waals surface area contributed by atoms with Crippen molar-refractivity contribution in [2.45, 2.75) is 6.92 Å². The van der Waals surface area contributed by atoms with Gasteiger partial charge < -0.3 is 10.5 Å². The third kappa shape index (κ3) is 4.56. The van der Waals surface area contributed by atoms with Gasteiger partial charge in [0.05, 0.1) is 17.9 Å². The van der Waals surface area contributed by atoms with Crippen molar-refractivity contribution < 1.29 is 28.3 Å². The maximum Gasteiger partial charge on any atom is 0.411 e. The highest BCUT2D eigenvalue weighted by Crippen LogP contribution is 2.18. The van der Waals surface area contributed by atoms with Crippen LogP contribution in [-0.4, -0.2) is 30.4 Å². The second-order valence-electron chi connectivity index (χ2n) is 3.68. The van der Waals surface area contributed by atoms with Crippen LogP contribution in [0.1, 0.15) is 17.3 Å². The van der Waals surface area contributed by atoms with Crippen molar-refractivity contribution in [3.63, 3.8) is 0 Å². The molecular formula is C12H12FN3O5. The number of hydrogen-bond acceptors (Lipinski definition) is 5. The Morgan fingerprint density at radius 1 is 1.29 bits per heavy atom. The Kier molecular flexibility index (Phi) is 5.35. The molecule has 0 saturated heterocycles. The van der Waals surface area contributed by atoms with Crippen LogP contribution in [0.2, 0.25) is 0 Å². The van der Waals surface area contributed by atoms with E-state index in [0.717, 1.165) is 18.2 Å². The fraction of sp³-hybridized carbons (Fsp3) is 0.167. The fourth-order valence-electron chi connectivity index (χ4n) is 1.38. The summed E-state index contributed by atoms with van der Waals surface area (Å²) in [5, 5.41) is 3.73. The average molecular weight is 297 g/mol. The molecule has 0 unspecified atom stereocenters. The first-order valence-electron chi connectivity index (χ1n) is 5.73. The van der Waals surface area contributed by atoms with Gasteiger partial charge in [-0.15, -0.1) is 0 Å². The van der Waals surface area contributed by atoms with Crippen LogP contribution in [0.5, 0.6) is 0 Å². The zero-order valence-corrected chi connectivity index (χ0v) is 10.9. The summed E-state index contributed by atoms with van der Waals surface area (Å²) in [5.41, 5.74) is 4.13. The summed E-state index contributed by atoms with van der Waals surface area (Å²) in [7, 11) is 0. The minimum atomic E-state index is -1.35. The normalized spacial score (nSPS) is 9.62. The molecule has 0 atom stereocenters. The molecule has 0 aliphatic heterocycles. The first-order chi connectivity index (χ1) is 9.85. The highest BCUT2D eigenvalue weighted by Gasteiger charge is 2.22. The number of nitrogens with two attached hydrogens (primary N) is 1. The number of halogens is 1. The molecule has 8 nitrogen and oxygen atoms in total. The minimum absolute atomic E-state index is 0.0818. The zero-order valence-electron chi connectivity index (χ0n) is 10.9. The van der Waals surface area contributed by atoms with Crippen LogP contribution in [0.4, 0.5) is 19.7 Å². The van der Waals surface area contributed by atoms with Crippen LogP contribution in [0, 0.1) is 5.82 Å². The number of urea groups is 1. The Bertz CT molecular complexity index is 603. The maximum absolute atomic E-state index is 13.2. The van der Waals surface area contributed by atoms with Crippen molar-refractivity contribution >= 4 is 29.5 Å². The molecule has 0 saturated carbocycles. The molecule has 0 spiro atoms. The SMILES string of the molecule is CCOC(=O)Nc1ccc(F)cc1C(=O)C(=O)NC(N)=O. The van der Waals surface area contributed by atoms with E-state index >= 15 is 0 Å².